The maximum absolute atomic E-state index is 13.1. The van der Waals surface area contributed by atoms with Crippen LogP contribution in [0.4, 0.5) is 4.39 Å². The average Bonchev–Trinajstić information content (AvgIpc) is 2.76. The summed E-state index contributed by atoms with van der Waals surface area (Å²) in [5.74, 6) is -2.62. The number of esters is 1. The van der Waals surface area contributed by atoms with Gasteiger partial charge in [0, 0.05) is 18.9 Å². The Hall–Kier alpha value is -3.27. The molecule has 1 fully saturated rings. The van der Waals surface area contributed by atoms with Crippen molar-refractivity contribution in [2.24, 2.45) is 0 Å². The Labute approximate surface area is 183 Å². The number of halogens is 1. The van der Waals surface area contributed by atoms with Crippen LogP contribution < -0.4 is 0 Å². The summed E-state index contributed by atoms with van der Waals surface area (Å²) in [4.78, 5) is 24.2. The zero-order valence-corrected chi connectivity index (χ0v) is 16.9. The van der Waals surface area contributed by atoms with Gasteiger partial charge in [-0.1, -0.05) is 24.3 Å². The first kappa shape index (κ1) is 23.4. The molecule has 0 spiro atoms. The van der Waals surface area contributed by atoms with Gasteiger partial charge in [0.25, 0.3) is 0 Å². The van der Waals surface area contributed by atoms with Crippen molar-refractivity contribution in [2.75, 3.05) is 0 Å². The van der Waals surface area contributed by atoms with E-state index in [1.54, 1.807) is 12.1 Å². The molecule has 0 aliphatic heterocycles. The van der Waals surface area contributed by atoms with Gasteiger partial charge in [0.15, 0.2) is 5.60 Å². The molecule has 0 aromatic heterocycles. The minimum Gasteiger partial charge on any atom is -0.508 e. The van der Waals surface area contributed by atoms with E-state index in [1.807, 2.05) is 0 Å². The minimum absolute atomic E-state index is 0.0645. The lowest BCUT2D eigenvalue weighted by Crippen LogP contribution is -2.58. The van der Waals surface area contributed by atoms with Gasteiger partial charge in [0.05, 0.1) is 12.7 Å². The van der Waals surface area contributed by atoms with E-state index in [-0.39, 0.29) is 18.8 Å². The molecule has 1 aliphatic rings. The third-order valence-corrected chi connectivity index (χ3v) is 5.24. The Morgan fingerprint density at radius 3 is 2.34 bits per heavy atom. The summed E-state index contributed by atoms with van der Waals surface area (Å²) in [6.07, 6.45) is -2.64. The van der Waals surface area contributed by atoms with Gasteiger partial charge in [-0.05, 0) is 41.5 Å². The predicted octanol–water partition coefficient (Wildman–Crippen LogP) is 2.01. The van der Waals surface area contributed by atoms with E-state index in [1.165, 1.54) is 42.5 Å². The molecule has 4 atom stereocenters. The molecule has 2 aromatic rings. The van der Waals surface area contributed by atoms with Gasteiger partial charge in [-0.15, -0.1) is 0 Å². The number of hydrogen-bond acceptors (Lipinski definition) is 7. The van der Waals surface area contributed by atoms with Crippen LogP contribution in [0, 0.1) is 5.82 Å². The van der Waals surface area contributed by atoms with Crippen molar-refractivity contribution in [3.8, 4) is 5.75 Å². The van der Waals surface area contributed by atoms with E-state index in [0.29, 0.717) is 11.1 Å². The molecular formula is C23H23FO8. The summed E-state index contributed by atoms with van der Waals surface area (Å²) >= 11 is 0. The Morgan fingerprint density at radius 2 is 1.72 bits per heavy atom. The second kappa shape index (κ2) is 9.90. The van der Waals surface area contributed by atoms with Crippen LogP contribution >= 0.6 is 0 Å². The number of carbonyl (C=O) groups excluding carboxylic acids is 1. The standard InChI is InChI=1S/C23H23FO8/c24-16-6-1-15(2-7-16)13-31-23(22(29)30)11-18(26)21(28)19(12-23)32-20(27)10-5-14-3-8-17(25)9-4-14/h1-10,18-19,21,25-26,28H,11-13H2,(H,29,30)/t18-,19+,21+,23-/m0/s1. The van der Waals surface area contributed by atoms with E-state index in [9.17, 15) is 34.4 Å². The van der Waals surface area contributed by atoms with Crippen molar-refractivity contribution >= 4 is 18.0 Å². The van der Waals surface area contributed by atoms with Crippen LogP contribution in [0.3, 0.4) is 0 Å². The number of carbonyl (C=O) groups is 2. The molecule has 1 aliphatic carbocycles. The number of phenolic OH excluding ortho intramolecular Hbond substituents is 1. The lowest BCUT2D eigenvalue weighted by molar-refractivity contribution is -0.209. The van der Waals surface area contributed by atoms with Crippen molar-refractivity contribution in [3.63, 3.8) is 0 Å². The Morgan fingerprint density at radius 1 is 1.06 bits per heavy atom. The lowest BCUT2D eigenvalue weighted by Gasteiger charge is -2.41. The molecule has 2 aromatic carbocycles. The fourth-order valence-corrected chi connectivity index (χ4v) is 3.44. The monoisotopic (exact) mass is 446 g/mol. The van der Waals surface area contributed by atoms with Crippen LogP contribution in [-0.4, -0.2) is 56.3 Å². The number of benzene rings is 2. The van der Waals surface area contributed by atoms with Gasteiger partial charge in [-0.2, -0.15) is 0 Å². The Kier molecular flexibility index (Phi) is 7.24. The molecule has 170 valence electrons. The number of carboxylic acid groups (broad SMARTS) is 1. The minimum atomic E-state index is -1.92. The number of aliphatic carboxylic acids is 1. The number of aromatic hydroxyl groups is 1. The molecule has 9 heteroatoms. The van der Waals surface area contributed by atoms with Gasteiger partial charge in [-0.3, -0.25) is 0 Å². The molecule has 0 unspecified atom stereocenters. The second-order valence-electron chi connectivity index (χ2n) is 7.58. The highest BCUT2D eigenvalue weighted by Crippen LogP contribution is 2.35. The number of ether oxygens (including phenoxy) is 2. The van der Waals surface area contributed by atoms with Crippen LogP contribution in [0.15, 0.2) is 54.6 Å². The third kappa shape index (κ3) is 5.70. The molecule has 3 rings (SSSR count). The van der Waals surface area contributed by atoms with Crippen LogP contribution in [0.1, 0.15) is 24.0 Å². The topological polar surface area (TPSA) is 134 Å². The van der Waals surface area contributed by atoms with E-state index in [2.05, 4.69) is 0 Å². The van der Waals surface area contributed by atoms with Crippen LogP contribution in [0.2, 0.25) is 0 Å². The highest BCUT2D eigenvalue weighted by molar-refractivity contribution is 5.87. The van der Waals surface area contributed by atoms with E-state index in [4.69, 9.17) is 9.47 Å². The molecule has 0 heterocycles. The van der Waals surface area contributed by atoms with Gasteiger partial charge in [0.1, 0.15) is 23.8 Å². The number of rotatable bonds is 7. The summed E-state index contributed by atoms with van der Waals surface area (Å²) in [7, 11) is 0. The normalized spacial score (nSPS) is 25.5. The molecule has 0 radical (unpaired) electrons. The van der Waals surface area contributed by atoms with Gasteiger partial charge >= 0.3 is 11.9 Å². The SMILES string of the molecule is O=C(C=Cc1ccc(O)cc1)O[C@@H]1C[C@](OCc2ccc(F)cc2)(C(=O)O)C[C@H](O)[C@H]1O. The van der Waals surface area contributed by atoms with Crippen molar-refractivity contribution < 1.29 is 43.9 Å². The first-order chi connectivity index (χ1) is 15.2. The number of aliphatic hydroxyl groups is 2. The molecule has 0 amide bonds. The number of phenols is 1. The van der Waals surface area contributed by atoms with E-state index < -0.39 is 48.1 Å². The molecular weight excluding hydrogens is 423 g/mol. The van der Waals surface area contributed by atoms with Crippen molar-refractivity contribution in [2.45, 2.75) is 43.4 Å². The van der Waals surface area contributed by atoms with Crippen molar-refractivity contribution in [1.29, 1.82) is 0 Å². The van der Waals surface area contributed by atoms with Crippen molar-refractivity contribution in [1.82, 2.24) is 0 Å². The first-order valence-corrected chi connectivity index (χ1v) is 9.84. The van der Waals surface area contributed by atoms with Crippen LogP contribution in [0.5, 0.6) is 5.75 Å². The van der Waals surface area contributed by atoms with Gasteiger partial charge in [-0.25, -0.2) is 14.0 Å². The molecule has 0 bridgehead atoms. The van der Waals surface area contributed by atoms with Crippen molar-refractivity contribution in [3.05, 3.63) is 71.6 Å². The molecule has 32 heavy (non-hydrogen) atoms. The maximum Gasteiger partial charge on any atom is 0.336 e. The summed E-state index contributed by atoms with van der Waals surface area (Å²) in [5, 5.41) is 39.6. The van der Waals surface area contributed by atoms with E-state index >= 15 is 0 Å². The fourth-order valence-electron chi connectivity index (χ4n) is 3.44. The van der Waals surface area contributed by atoms with E-state index in [0.717, 1.165) is 6.08 Å². The highest BCUT2D eigenvalue weighted by atomic mass is 19.1. The summed E-state index contributed by atoms with van der Waals surface area (Å²) < 4.78 is 23.9. The Bertz CT molecular complexity index is 972. The third-order valence-electron chi connectivity index (χ3n) is 5.24. The van der Waals surface area contributed by atoms with Crippen LogP contribution in [-0.2, 0) is 25.7 Å². The quantitative estimate of drug-likeness (QED) is 0.375. The molecule has 8 nitrogen and oxygen atoms in total. The predicted molar refractivity (Wildman–Crippen MR) is 110 cm³/mol. The first-order valence-electron chi connectivity index (χ1n) is 9.84. The molecule has 0 saturated heterocycles. The van der Waals surface area contributed by atoms with Gasteiger partial charge in [0.2, 0.25) is 0 Å². The lowest BCUT2D eigenvalue weighted by atomic mass is 9.79. The zero-order chi connectivity index (χ0) is 23.3. The summed E-state index contributed by atoms with van der Waals surface area (Å²) in [5.41, 5.74) is -0.803. The van der Waals surface area contributed by atoms with Gasteiger partial charge < -0.3 is 29.9 Å². The number of aliphatic hydroxyl groups excluding tert-OH is 2. The number of carboxylic acids is 1. The number of hydrogen-bond donors (Lipinski definition) is 4. The molecule has 1 saturated carbocycles. The zero-order valence-electron chi connectivity index (χ0n) is 16.9. The summed E-state index contributed by atoms with van der Waals surface area (Å²) in [6.45, 7) is -0.184. The Balaban J connectivity index is 1.70. The summed E-state index contributed by atoms with van der Waals surface area (Å²) in [6, 6.07) is 11.3. The highest BCUT2D eigenvalue weighted by Gasteiger charge is 2.52. The second-order valence-corrected chi connectivity index (χ2v) is 7.58. The maximum atomic E-state index is 13.1. The fraction of sp³-hybridized carbons (Fsp3) is 0.304. The smallest absolute Gasteiger partial charge is 0.336 e. The van der Waals surface area contributed by atoms with Crippen LogP contribution in [0.25, 0.3) is 6.08 Å². The molecule has 4 N–H and O–H groups in total. The largest absolute Gasteiger partial charge is 0.508 e. The average molecular weight is 446 g/mol.